The van der Waals surface area contributed by atoms with Crippen LogP contribution in [0.3, 0.4) is 0 Å². The number of nitrogens with one attached hydrogen (secondary N) is 1. The third-order valence-electron chi connectivity index (χ3n) is 3.85. The topological polar surface area (TPSA) is 41.6 Å². The van der Waals surface area contributed by atoms with E-state index in [9.17, 15) is 4.79 Å². The minimum absolute atomic E-state index is 0.0324. The standard InChI is InChI=1S/C12H22N2O2/c1-14(8-9-4-3-5-9)12(15)11-6-10(16-2)7-13-11/h9-11,13H,3-8H2,1-2H3. The number of nitrogens with zero attached hydrogens (tertiary/aromatic N) is 1. The first-order chi connectivity index (χ1) is 7.70. The van der Waals surface area contributed by atoms with Gasteiger partial charge in [0.15, 0.2) is 0 Å². The summed E-state index contributed by atoms with van der Waals surface area (Å²) in [6.45, 7) is 1.72. The van der Waals surface area contributed by atoms with E-state index < -0.39 is 0 Å². The van der Waals surface area contributed by atoms with Gasteiger partial charge in [-0.1, -0.05) is 6.42 Å². The molecule has 4 nitrogen and oxygen atoms in total. The van der Waals surface area contributed by atoms with E-state index in [2.05, 4.69) is 5.32 Å². The molecule has 16 heavy (non-hydrogen) atoms. The molecule has 2 fully saturated rings. The van der Waals surface area contributed by atoms with Gasteiger partial charge in [-0.05, 0) is 25.2 Å². The normalized spacial score (nSPS) is 30.1. The van der Waals surface area contributed by atoms with Gasteiger partial charge in [0.2, 0.25) is 5.91 Å². The van der Waals surface area contributed by atoms with Crippen LogP contribution in [-0.2, 0) is 9.53 Å². The van der Waals surface area contributed by atoms with E-state index in [1.807, 2.05) is 11.9 Å². The molecule has 92 valence electrons. The predicted octanol–water partition coefficient (Wildman–Crippen LogP) is 0.622. The van der Waals surface area contributed by atoms with Crippen molar-refractivity contribution in [2.75, 3.05) is 27.2 Å². The van der Waals surface area contributed by atoms with Gasteiger partial charge >= 0.3 is 0 Å². The zero-order valence-corrected chi connectivity index (χ0v) is 10.2. The number of methoxy groups -OCH3 is 1. The number of ether oxygens (including phenoxy) is 1. The molecule has 0 aromatic rings. The molecule has 1 aliphatic heterocycles. The van der Waals surface area contributed by atoms with Crippen LogP contribution in [0.25, 0.3) is 0 Å². The minimum Gasteiger partial charge on any atom is -0.380 e. The molecule has 1 amide bonds. The fourth-order valence-electron chi connectivity index (χ4n) is 2.49. The van der Waals surface area contributed by atoms with Crippen molar-refractivity contribution in [2.45, 2.75) is 37.8 Å². The smallest absolute Gasteiger partial charge is 0.239 e. The van der Waals surface area contributed by atoms with Crippen LogP contribution in [0, 0.1) is 5.92 Å². The summed E-state index contributed by atoms with van der Waals surface area (Å²) in [6.07, 6.45) is 4.92. The number of carbonyl (C=O) groups is 1. The molecule has 1 aliphatic carbocycles. The zero-order valence-electron chi connectivity index (χ0n) is 10.2. The predicted molar refractivity (Wildman–Crippen MR) is 62.2 cm³/mol. The highest BCUT2D eigenvalue weighted by molar-refractivity contribution is 5.82. The van der Waals surface area contributed by atoms with Crippen LogP contribution in [0.15, 0.2) is 0 Å². The van der Waals surface area contributed by atoms with Crippen molar-refractivity contribution in [3.8, 4) is 0 Å². The largest absolute Gasteiger partial charge is 0.380 e. The van der Waals surface area contributed by atoms with Gasteiger partial charge in [-0.15, -0.1) is 0 Å². The third-order valence-corrected chi connectivity index (χ3v) is 3.85. The van der Waals surface area contributed by atoms with Crippen LogP contribution in [0.4, 0.5) is 0 Å². The lowest BCUT2D eigenvalue weighted by molar-refractivity contribution is -0.132. The second-order valence-electron chi connectivity index (χ2n) is 5.07. The molecule has 4 heteroatoms. The molecule has 1 N–H and O–H groups in total. The van der Waals surface area contributed by atoms with Gasteiger partial charge in [0.1, 0.15) is 0 Å². The van der Waals surface area contributed by atoms with Crippen LogP contribution >= 0.6 is 0 Å². The quantitative estimate of drug-likeness (QED) is 0.764. The van der Waals surface area contributed by atoms with Gasteiger partial charge in [-0.25, -0.2) is 0 Å². The maximum absolute atomic E-state index is 12.1. The lowest BCUT2D eigenvalue weighted by Gasteiger charge is -2.31. The fourth-order valence-corrected chi connectivity index (χ4v) is 2.49. The van der Waals surface area contributed by atoms with Crippen molar-refractivity contribution in [1.82, 2.24) is 10.2 Å². The molecule has 0 aromatic carbocycles. The van der Waals surface area contributed by atoms with E-state index in [4.69, 9.17) is 4.74 Å². The monoisotopic (exact) mass is 226 g/mol. The first-order valence-corrected chi connectivity index (χ1v) is 6.22. The molecule has 0 bridgehead atoms. The van der Waals surface area contributed by atoms with Crippen molar-refractivity contribution in [1.29, 1.82) is 0 Å². The van der Waals surface area contributed by atoms with Crippen LogP contribution in [0.5, 0.6) is 0 Å². The lowest BCUT2D eigenvalue weighted by atomic mass is 9.85. The van der Waals surface area contributed by atoms with Crippen LogP contribution in [-0.4, -0.2) is 50.2 Å². The van der Waals surface area contributed by atoms with E-state index in [1.54, 1.807) is 7.11 Å². The summed E-state index contributed by atoms with van der Waals surface area (Å²) >= 11 is 0. The average molecular weight is 226 g/mol. The van der Waals surface area contributed by atoms with Crippen LogP contribution < -0.4 is 5.32 Å². The summed E-state index contributed by atoms with van der Waals surface area (Å²) < 4.78 is 5.25. The summed E-state index contributed by atoms with van der Waals surface area (Å²) in [7, 11) is 3.62. The van der Waals surface area contributed by atoms with E-state index in [0.29, 0.717) is 0 Å². The average Bonchev–Trinajstić information content (AvgIpc) is 2.70. The molecule has 0 spiro atoms. The Bertz CT molecular complexity index is 253. The first-order valence-electron chi connectivity index (χ1n) is 6.22. The Morgan fingerprint density at radius 3 is 2.75 bits per heavy atom. The van der Waals surface area contributed by atoms with Gasteiger partial charge in [0, 0.05) is 27.2 Å². The van der Waals surface area contributed by atoms with Crippen molar-refractivity contribution < 1.29 is 9.53 Å². The van der Waals surface area contributed by atoms with E-state index in [0.717, 1.165) is 25.4 Å². The van der Waals surface area contributed by atoms with Crippen LogP contribution in [0.2, 0.25) is 0 Å². The third kappa shape index (κ3) is 2.55. The van der Waals surface area contributed by atoms with E-state index in [1.165, 1.54) is 19.3 Å². The highest BCUT2D eigenvalue weighted by atomic mass is 16.5. The van der Waals surface area contributed by atoms with Gasteiger partial charge in [0.05, 0.1) is 12.1 Å². The minimum atomic E-state index is -0.0324. The number of hydrogen-bond donors (Lipinski definition) is 1. The Morgan fingerprint density at radius 2 is 2.25 bits per heavy atom. The van der Waals surface area contributed by atoms with Gasteiger partial charge in [0.25, 0.3) is 0 Å². The molecule has 1 heterocycles. The van der Waals surface area contributed by atoms with Gasteiger partial charge < -0.3 is 15.0 Å². The van der Waals surface area contributed by atoms with Crippen LogP contribution in [0.1, 0.15) is 25.7 Å². The summed E-state index contributed by atoms with van der Waals surface area (Å²) in [6, 6.07) is -0.0324. The molecule has 2 unspecified atom stereocenters. The molecular formula is C12H22N2O2. The molecule has 0 aromatic heterocycles. The summed E-state index contributed by atoms with van der Waals surface area (Å²) in [5.74, 6) is 0.972. The number of carbonyl (C=O) groups excluding carboxylic acids is 1. The maximum Gasteiger partial charge on any atom is 0.239 e. The van der Waals surface area contributed by atoms with Crippen molar-refractivity contribution in [3.63, 3.8) is 0 Å². The van der Waals surface area contributed by atoms with E-state index >= 15 is 0 Å². The second kappa shape index (κ2) is 5.15. The number of likely N-dealkylation sites (N-methyl/N-ethyl adjacent to an activating group) is 1. The summed E-state index contributed by atoms with van der Waals surface area (Å²) in [5, 5.41) is 3.23. The molecular weight excluding hydrogens is 204 g/mol. The van der Waals surface area contributed by atoms with Gasteiger partial charge in [-0.3, -0.25) is 4.79 Å². The second-order valence-corrected chi connectivity index (χ2v) is 5.07. The Kier molecular flexibility index (Phi) is 3.82. The molecule has 0 radical (unpaired) electrons. The first kappa shape index (κ1) is 11.9. The number of rotatable bonds is 4. The summed E-state index contributed by atoms with van der Waals surface area (Å²) in [4.78, 5) is 14.0. The molecule has 2 rings (SSSR count). The maximum atomic E-state index is 12.1. The Hall–Kier alpha value is -0.610. The van der Waals surface area contributed by atoms with Gasteiger partial charge in [-0.2, -0.15) is 0 Å². The Balaban J connectivity index is 1.77. The number of amides is 1. The van der Waals surface area contributed by atoms with Crippen molar-refractivity contribution >= 4 is 5.91 Å². The SMILES string of the molecule is COC1CNC(C(=O)N(C)CC2CCC2)C1. The molecule has 1 saturated heterocycles. The zero-order chi connectivity index (χ0) is 11.5. The molecule has 2 atom stereocenters. The van der Waals surface area contributed by atoms with Crippen molar-refractivity contribution in [2.24, 2.45) is 5.92 Å². The molecule has 2 aliphatic rings. The highest BCUT2D eigenvalue weighted by Gasteiger charge is 2.32. The fraction of sp³-hybridized carbons (Fsp3) is 0.917. The van der Waals surface area contributed by atoms with Crippen molar-refractivity contribution in [3.05, 3.63) is 0 Å². The summed E-state index contributed by atoms with van der Waals surface area (Å²) in [5.41, 5.74) is 0. The Morgan fingerprint density at radius 1 is 1.50 bits per heavy atom. The highest BCUT2D eigenvalue weighted by Crippen LogP contribution is 2.27. The lowest BCUT2D eigenvalue weighted by Crippen LogP contribution is -2.44. The number of hydrogen-bond acceptors (Lipinski definition) is 3. The molecule has 1 saturated carbocycles. The van der Waals surface area contributed by atoms with E-state index in [-0.39, 0.29) is 18.1 Å². The Labute approximate surface area is 97.3 Å².